The summed E-state index contributed by atoms with van der Waals surface area (Å²) in [5, 5.41) is 4.17. The van der Waals surface area contributed by atoms with Crippen molar-refractivity contribution in [3.8, 4) is 0 Å². The number of nitrogens with two attached hydrogens (primary N) is 1. The van der Waals surface area contributed by atoms with E-state index in [4.69, 9.17) is 18.0 Å². The van der Waals surface area contributed by atoms with Crippen molar-refractivity contribution in [2.24, 2.45) is 5.73 Å². The Morgan fingerprint density at radius 2 is 1.95 bits per heavy atom. The first-order valence-electron chi connectivity index (χ1n) is 7.09. The molecule has 0 spiro atoms. The van der Waals surface area contributed by atoms with Gasteiger partial charge in [0.15, 0.2) is 5.65 Å². The Bertz CT molecular complexity index is 656. The molecule has 0 amide bonds. The number of hydrogen-bond donors (Lipinski definition) is 1. The third-order valence-electron chi connectivity index (χ3n) is 4.24. The van der Waals surface area contributed by atoms with Crippen LogP contribution in [-0.2, 0) is 0 Å². The topological polar surface area (TPSA) is 62.7 Å². The second-order valence-electron chi connectivity index (χ2n) is 5.82. The Kier molecular flexibility index (Phi) is 3.54. The normalized spacial score (nSPS) is 17.3. The zero-order valence-corrected chi connectivity index (χ0v) is 13.2. The minimum atomic E-state index is -0.232. The molecule has 3 heterocycles. The van der Waals surface area contributed by atoms with Gasteiger partial charge in [-0.15, -0.1) is 0 Å². The van der Waals surface area contributed by atoms with E-state index in [0.29, 0.717) is 4.99 Å². The first-order chi connectivity index (χ1) is 9.98. The fourth-order valence-electron chi connectivity index (χ4n) is 2.63. The van der Waals surface area contributed by atoms with E-state index >= 15 is 0 Å². The summed E-state index contributed by atoms with van der Waals surface area (Å²) in [5.74, 6) is 0.996. The average Bonchev–Trinajstić information content (AvgIpc) is 2.94. The van der Waals surface area contributed by atoms with Gasteiger partial charge in [0.2, 0.25) is 0 Å². The lowest BCUT2D eigenvalue weighted by Crippen LogP contribution is -2.59. The van der Waals surface area contributed by atoms with Crippen LogP contribution in [0.25, 0.3) is 5.65 Å². The fourth-order valence-corrected chi connectivity index (χ4v) is 2.76. The Balaban J connectivity index is 1.72. The fraction of sp³-hybridized carbons (Fsp3) is 0.500. The minimum Gasteiger partial charge on any atom is -0.392 e. The highest BCUT2D eigenvalue weighted by Crippen LogP contribution is 2.20. The van der Waals surface area contributed by atoms with Gasteiger partial charge in [0.25, 0.3) is 0 Å². The van der Waals surface area contributed by atoms with Crippen LogP contribution in [0.1, 0.15) is 13.8 Å². The molecule has 0 aromatic carbocycles. The highest BCUT2D eigenvalue weighted by molar-refractivity contribution is 7.80. The Morgan fingerprint density at radius 1 is 1.24 bits per heavy atom. The molecule has 0 saturated carbocycles. The van der Waals surface area contributed by atoms with Gasteiger partial charge >= 0.3 is 0 Å². The second kappa shape index (κ2) is 5.23. The standard InChI is InChI=1S/C14H20N6S/c1-14(2,13(15)21)19-9-7-18(8-10-19)11-4-6-20-12(17-11)3-5-16-20/h3-6H,7-10H2,1-2H3,(H2,15,21). The SMILES string of the molecule is CC(C)(C(N)=S)N1CCN(c2ccn3nccc3n2)CC1. The molecule has 1 aliphatic rings. The Hall–Kier alpha value is -1.73. The lowest BCUT2D eigenvalue weighted by Gasteiger charge is -2.43. The highest BCUT2D eigenvalue weighted by atomic mass is 32.1. The summed E-state index contributed by atoms with van der Waals surface area (Å²) in [6, 6.07) is 3.92. The van der Waals surface area contributed by atoms with E-state index in [1.807, 2.05) is 18.3 Å². The summed E-state index contributed by atoms with van der Waals surface area (Å²) < 4.78 is 1.77. The molecule has 7 heteroatoms. The molecule has 1 fully saturated rings. The van der Waals surface area contributed by atoms with Crippen LogP contribution in [0.4, 0.5) is 5.82 Å². The van der Waals surface area contributed by atoms with Gasteiger partial charge in [0.05, 0.1) is 16.7 Å². The van der Waals surface area contributed by atoms with Crippen LogP contribution in [0.15, 0.2) is 24.5 Å². The maximum Gasteiger partial charge on any atom is 0.157 e. The molecular formula is C14H20N6S. The number of nitrogens with zero attached hydrogens (tertiary/aromatic N) is 5. The van der Waals surface area contributed by atoms with E-state index in [0.717, 1.165) is 37.6 Å². The van der Waals surface area contributed by atoms with Crippen molar-refractivity contribution in [1.82, 2.24) is 19.5 Å². The lowest BCUT2D eigenvalue weighted by atomic mass is 10.0. The van der Waals surface area contributed by atoms with Crippen molar-refractivity contribution in [3.05, 3.63) is 24.5 Å². The molecule has 0 bridgehead atoms. The smallest absolute Gasteiger partial charge is 0.157 e. The summed E-state index contributed by atoms with van der Waals surface area (Å²) in [4.78, 5) is 9.82. The Morgan fingerprint density at radius 3 is 2.62 bits per heavy atom. The van der Waals surface area contributed by atoms with Crippen LogP contribution in [0.2, 0.25) is 0 Å². The van der Waals surface area contributed by atoms with Crippen molar-refractivity contribution in [1.29, 1.82) is 0 Å². The van der Waals surface area contributed by atoms with Crippen LogP contribution in [-0.4, -0.2) is 56.2 Å². The van der Waals surface area contributed by atoms with Gasteiger partial charge in [0.1, 0.15) is 5.82 Å². The maximum atomic E-state index is 5.85. The Labute approximate surface area is 129 Å². The zero-order valence-electron chi connectivity index (χ0n) is 12.4. The molecule has 21 heavy (non-hydrogen) atoms. The van der Waals surface area contributed by atoms with Gasteiger partial charge in [-0.1, -0.05) is 12.2 Å². The quantitative estimate of drug-likeness (QED) is 0.851. The third kappa shape index (κ3) is 2.58. The van der Waals surface area contributed by atoms with Crippen molar-refractivity contribution in [3.63, 3.8) is 0 Å². The lowest BCUT2D eigenvalue weighted by molar-refractivity contribution is 0.168. The summed E-state index contributed by atoms with van der Waals surface area (Å²) in [6.45, 7) is 7.86. The maximum absolute atomic E-state index is 5.85. The molecule has 3 rings (SSSR count). The van der Waals surface area contributed by atoms with Crippen LogP contribution in [0.3, 0.4) is 0 Å². The van der Waals surface area contributed by atoms with E-state index < -0.39 is 0 Å². The van der Waals surface area contributed by atoms with Gasteiger partial charge in [-0.05, 0) is 19.9 Å². The second-order valence-corrected chi connectivity index (χ2v) is 6.26. The van der Waals surface area contributed by atoms with Gasteiger partial charge in [-0.3, -0.25) is 4.90 Å². The van der Waals surface area contributed by atoms with E-state index in [1.54, 1.807) is 10.7 Å². The molecule has 0 unspecified atom stereocenters. The molecule has 6 nitrogen and oxygen atoms in total. The molecule has 112 valence electrons. The molecule has 0 radical (unpaired) electrons. The molecule has 2 N–H and O–H groups in total. The van der Waals surface area contributed by atoms with Crippen LogP contribution in [0, 0.1) is 0 Å². The van der Waals surface area contributed by atoms with E-state index in [2.05, 4.69) is 33.7 Å². The predicted octanol–water partition coefficient (Wildman–Crippen LogP) is 0.916. The number of aromatic nitrogens is 3. The van der Waals surface area contributed by atoms with Gasteiger partial charge in [0, 0.05) is 38.4 Å². The molecule has 0 aliphatic carbocycles. The first-order valence-corrected chi connectivity index (χ1v) is 7.49. The van der Waals surface area contributed by atoms with Crippen molar-refractivity contribution in [2.45, 2.75) is 19.4 Å². The van der Waals surface area contributed by atoms with Gasteiger partial charge in [-0.25, -0.2) is 9.50 Å². The zero-order chi connectivity index (χ0) is 15.0. The van der Waals surface area contributed by atoms with Gasteiger partial charge in [-0.2, -0.15) is 5.10 Å². The summed E-state index contributed by atoms with van der Waals surface area (Å²) >= 11 is 5.18. The highest BCUT2D eigenvalue weighted by Gasteiger charge is 2.32. The minimum absolute atomic E-state index is 0.232. The van der Waals surface area contributed by atoms with Crippen molar-refractivity contribution >= 4 is 28.7 Å². The number of rotatable bonds is 3. The number of hydrogen-bond acceptors (Lipinski definition) is 5. The molecule has 1 saturated heterocycles. The van der Waals surface area contributed by atoms with Crippen LogP contribution < -0.4 is 10.6 Å². The largest absolute Gasteiger partial charge is 0.392 e. The van der Waals surface area contributed by atoms with E-state index in [9.17, 15) is 0 Å². The number of fused-ring (bicyclic) bond motifs is 1. The molecule has 1 aliphatic heterocycles. The number of thiocarbonyl (C=S) groups is 1. The van der Waals surface area contributed by atoms with E-state index in [-0.39, 0.29) is 5.54 Å². The van der Waals surface area contributed by atoms with Crippen molar-refractivity contribution in [2.75, 3.05) is 31.1 Å². The van der Waals surface area contributed by atoms with Crippen molar-refractivity contribution < 1.29 is 0 Å². The third-order valence-corrected chi connectivity index (χ3v) is 4.74. The summed E-state index contributed by atoms with van der Waals surface area (Å²) in [6.07, 6.45) is 3.71. The summed E-state index contributed by atoms with van der Waals surface area (Å²) in [7, 11) is 0. The molecule has 0 atom stereocenters. The van der Waals surface area contributed by atoms with Crippen LogP contribution in [0.5, 0.6) is 0 Å². The van der Waals surface area contributed by atoms with Crippen LogP contribution >= 0.6 is 12.2 Å². The predicted molar refractivity (Wildman–Crippen MR) is 87.6 cm³/mol. The molecule has 2 aromatic rings. The number of anilines is 1. The number of piperazine rings is 1. The molecular weight excluding hydrogens is 284 g/mol. The molecule has 2 aromatic heterocycles. The summed E-state index contributed by atoms with van der Waals surface area (Å²) in [5.41, 5.74) is 6.49. The average molecular weight is 304 g/mol. The monoisotopic (exact) mass is 304 g/mol. The first kappa shape index (κ1) is 14.2. The van der Waals surface area contributed by atoms with E-state index in [1.165, 1.54) is 0 Å². The van der Waals surface area contributed by atoms with Gasteiger partial charge < -0.3 is 10.6 Å².